The molecule has 0 amide bonds. The number of benzene rings is 1. The fraction of sp³-hybridized carbons (Fsp3) is 0.409. The number of nitrogens with zero attached hydrogens (tertiary/aromatic N) is 3. The smallest absolute Gasteiger partial charge is 0.158 e. The van der Waals surface area contributed by atoms with Gasteiger partial charge in [-0.3, -0.25) is 0 Å². The van der Waals surface area contributed by atoms with E-state index in [0.29, 0.717) is 0 Å². The van der Waals surface area contributed by atoms with Crippen LogP contribution in [0.2, 0.25) is 0 Å². The Hall–Kier alpha value is -2.18. The zero-order valence-corrected chi connectivity index (χ0v) is 18.2. The second kappa shape index (κ2) is 8.88. The minimum absolute atomic E-state index is 0.734. The molecule has 1 saturated heterocycles. The fourth-order valence-electron chi connectivity index (χ4n) is 3.48. The van der Waals surface area contributed by atoms with Crippen molar-refractivity contribution in [2.24, 2.45) is 0 Å². The number of anilines is 1. The van der Waals surface area contributed by atoms with Crippen LogP contribution in [0, 0.1) is 20.8 Å². The first kappa shape index (κ1) is 20.6. The molecule has 1 aliphatic heterocycles. The van der Waals surface area contributed by atoms with Crippen molar-refractivity contribution in [3.05, 3.63) is 53.3 Å². The van der Waals surface area contributed by atoms with Gasteiger partial charge in [-0.1, -0.05) is 31.5 Å². The highest BCUT2D eigenvalue weighted by Crippen LogP contribution is 2.34. The van der Waals surface area contributed by atoms with Gasteiger partial charge in [-0.15, -0.1) is 0 Å². The number of hydrogen-bond acceptors (Lipinski definition) is 4. The molecule has 150 valence electrons. The highest BCUT2D eigenvalue weighted by Gasteiger charge is 2.23. The van der Waals surface area contributed by atoms with E-state index in [1.54, 1.807) is 0 Å². The highest BCUT2D eigenvalue weighted by atomic mass is 32.2. The molecule has 28 heavy (non-hydrogen) atoms. The first-order valence-electron chi connectivity index (χ1n) is 9.86. The largest absolute Gasteiger partial charge is 0.378 e. The Labute approximate surface area is 169 Å². The van der Waals surface area contributed by atoms with Gasteiger partial charge in [0.2, 0.25) is 0 Å². The third kappa shape index (κ3) is 3.71. The lowest BCUT2D eigenvalue weighted by Crippen LogP contribution is -2.36. The lowest BCUT2D eigenvalue weighted by Gasteiger charge is -2.29. The summed E-state index contributed by atoms with van der Waals surface area (Å²) in [5, 5.41) is 1.09. The zero-order valence-electron chi connectivity index (χ0n) is 17.4. The average molecular weight is 400 g/mol. The maximum atomic E-state index is 13.3. The molecular formula is C22H29N3O2S. The van der Waals surface area contributed by atoms with Gasteiger partial charge in [0, 0.05) is 36.1 Å². The molecule has 0 N–H and O–H groups in total. The van der Waals surface area contributed by atoms with E-state index in [4.69, 9.17) is 4.74 Å². The number of hydrogen-bond donors (Lipinski definition) is 0. The van der Waals surface area contributed by atoms with E-state index >= 15 is 0 Å². The van der Waals surface area contributed by atoms with Crippen molar-refractivity contribution in [3.8, 4) is 0 Å². The van der Waals surface area contributed by atoms with Crippen LogP contribution in [0.4, 0.5) is 5.69 Å². The quantitative estimate of drug-likeness (QED) is 0.655. The van der Waals surface area contributed by atoms with E-state index in [9.17, 15) is 4.21 Å². The number of ether oxygens (including phenoxy) is 1. The van der Waals surface area contributed by atoms with Gasteiger partial charge in [0.15, 0.2) is 16.6 Å². The van der Waals surface area contributed by atoms with E-state index in [1.165, 1.54) is 0 Å². The Morgan fingerprint density at radius 1 is 1.00 bits per heavy atom. The summed E-state index contributed by atoms with van der Waals surface area (Å²) in [7, 11) is -1.32. The predicted molar refractivity (Wildman–Crippen MR) is 117 cm³/mol. The molecule has 0 bridgehead atoms. The lowest BCUT2D eigenvalue weighted by atomic mass is 10.1. The van der Waals surface area contributed by atoms with Crippen LogP contribution in [0.3, 0.4) is 0 Å². The SMILES string of the molecule is CC.Cc1ccc(S(=O)n2c(C)c(C)c3c(N4CCOCC4)ccnc32)cc1. The summed E-state index contributed by atoms with van der Waals surface area (Å²) in [4.78, 5) is 7.71. The van der Waals surface area contributed by atoms with Gasteiger partial charge in [0.25, 0.3) is 0 Å². The lowest BCUT2D eigenvalue weighted by molar-refractivity contribution is 0.123. The molecular weight excluding hydrogens is 370 g/mol. The molecule has 1 atom stereocenters. The van der Waals surface area contributed by atoms with Gasteiger partial charge in [-0.2, -0.15) is 0 Å². The summed E-state index contributed by atoms with van der Waals surface area (Å²) in [6.07, 6.45) is 1.81. The predicted octanol–water partition coefficient (Wildman–Crippen LogP) is 4.40. The Bertz CT molecular complexity index is 974. The number of fused-ring (bicyclic) bond motifs is 1. The maximum Gasteiger partial charge on any atom is 0.158 e. The third-order valence-corrected chi connectivity index (χ3v) is 6.52. The van der Waals surface area contributed by atoms with Crippen LogP contribution >= 0.6 is 0 Å². The standard InChI is InChI=1S/C20H23N3O2S.C2H6/c1-14-4-6-17(7-5-14)26(24)23-16(3)15(2)19-18(8-9-21-20(19)23)22-10-12-25-13-11-22;1-2/h4-9H,10-13H2,1-3H3;1-2H3. The van der Waals surface area contributed by atoms with Crippen molar-refractivity contribution in [1.29, 1.82) is 0 Å². The van der Waals surface area contributed by atoms with Crippen LogP contribution < -0.4 is 4.90 Å². The first-order valence-corrected chi connectivity index (χ1v) is 11.0. The van der Waals surface area contributed by atoms with E-state index < -0.39 is 11.0 Å². The monoisotopic (exact) mass is 399 g/mol. The molecule has 1 aliphatic rings. The van der Waals surface area contributed by atoms with Crippen molar-refractivity contribution in [2.75, 3.05) is 31.2 Å². The molecule has 3 aromatic rings. The Kier molecular flexibility index (Phi) is 6.52. The van der Waals surface area contributed by atoms with E-state index in [-0.39, 0.29) is 0 Å². The van der Waals surface area contributed by atoms with Crippen LogP contribution in [-0.2, 0) is 15.7 Å². The van der Waals surface area contributed by atoms with E-state index in [0.717, 1.165) is 64.7 Å². The summed E-state index contributed by atoms with van der Waals surface area (Å²) < 4.78 is 20.6. The topological polar surface area (TPSA) is 47.4 Å². The van der Waals surface area contributed by atoms with Crippen LogP contribution in [0.5, 0.6) is 0 Å². The molecule has 2 aromatic heterocycles. The summed E-state index contributed by atoms with van der Waals surface area (Å²) >= 11 is 0. The molecule has 5 nitrogen and oxygen atoms in total. The Morgan fingerprint density at radius 3 is 2.29 bits per heavy atom. The van der Waals surface area contributed by atoms with Crippen LogP contribution in [-0.4, -0.2) is 39.5 Å². The summed E-state index contributed by atoms with van der Waals surface area (Å²) in [6.45, 7) is 13.3. The zero-order chi connectivity index (χ0) is 20.3. The van der Waals surface area contributed by atoms with Gasteiger partial charge in [-0.25, -0.2) is 13.2 Å². The van der Waals surface area contributed by atoms with Crippen molar-refractivity contribution in [3.63, 3.8) is 0 Å². The molecule has 3 heterocycles. The van der Waals surface area contributed by atoms with Crippen molar-refractivity contribution < 1.29 is 8.95 Å². The van der Waals surface area contributed by atoms with Crippen LogP contribution in [0.15, 0.2) is 41.4 Å². The molecule has 0 aliphatic carbocycles. The van der Waals surface area contributed by atoms with E-state index in [1.807, 2.05) is 62.1 Å². The molecule has 0 spiro atoms. The molecule has 0 radical (unpaired) electrons. The molecule has 1 fully saturated rings. The highest BCUT2D eigenvalue weighted by molar-refractivity contribution is 7.83. The van der Waals surface area contributed by atoms with Gasteiger partial charge < -0.3 is 9.64 Å². The van der Waals surface area contributed by atoms with Crippen LogP contribution in [0.25, 0.3) is 11.0 Å². The van der Waals surface area contributed by atoms with Crippen molar-refractivity contribution in [2.45, 2.75) is 39.5 Å². The summed E-state index contributed by atoms with van der Waals surface area (Å²) in [5.74, 6) is 0. The fourth-order valence-corrected chi connectivity index (χ4v) is 4.74. The average Bonchev–Trinajstić information content (AvgIpc) is 3.00. The normalized spacial score (nSPS) is 15.2. The summed E-state index contributed by atoms with van der Waals surface area (Å²) in [6, 6.07) is 9.90. The number of rotatable bonds is 3. The van der Waals surface area contributed by atoms with Gasteiger partial charge >= 0.3 is 0 Å². The Morgan fingerprint density at radius 2 is 1.64 bits per heavy atom. The minimum Gasteiger partial charge on any atom is -0.378 e. The number of pyridine rings is 1. The summed E-state index contributed by atoms with van der Waals surface area (Å²) in [5.41, 5.74) is 5.22. The molecule has 1 unspecified atom stereocenters. The molecule has 4 rings (SSSR count). The molecule has 6 heteroatoms. The molecule has 0 saturated carbocycles. The second-order valence-electron chi connectivity index (χ2n) is 6.70. The first-order chi connectivity index (χ1) is 13.6. The number of morpholine rings is 1. The van der Waals surface area contributed by atoms with Gasteiger partial charge in [0.1, 0.15) is 0 Å². The minimum atomic E-state index is -1.32. The van der Waals surface area contributed by atoms with Gasteiger partial charge in [-0.05, 0) is 44.5 Å². The van der Waals surface area contributed by atoms with Crippen molar-refractivity contribution in [1.82, 2.24) is 8.96 Å². The second-order valence-corrected chi connectivity index (χ2v) is 8.03. The maximum absolute atomic E-state index is 13.3. The van der Waals surface area contributed by atoms with E-state index in [2.05, 4.69) is 22.9 Å². The van der Waals surface area contributed by atoms with Crippen LogP contribution in [0.1, 0.15) is 30.7 Å². The van der Waals surface area contributed by atoms with Gasteiger partial charge in [0.05, 0.1) is 18.1 Å². The Balaban J connectivity index is 0.00000109. The third-order valence-electron chi connectivity index (χ3n) is 5.06. The number of aromatic nitrogens is 2. The molecule has 1 aromatic carbocycles. The van der Waals surface area contributed by atoms with Crippen molar-refractivity contribution >= 4 is 27.7 Å². The number of aryl methyl sites for hydroxylation is 2.